The molecule has 0 N–H and O–H groups in total. The van der Waals surface area contributed by atoms with Gasteiger partial charge in [-0.1, -0.05) is 231 Å². The standard InChI is InChI=1S/C81H144N6O6P6/c88-94(67-37-13-1-14-38-67,68-39-15-2-16-40-68)61-85(62-95(89,69-41-17-3-18-42-69)70-43-19-4-20-44-70)79-82-80(86(63-96(90,71-45-21-5-22-46-71)72-47-23-6-24-48-72)64-97(91,73-49-25-7-26-50-73)74-51-27-8-28-52-74)84-81(83-79)87(65-98(92,75-53-29-9-30-54-75)76-55-31-10-32-56-76)66-99(93,77-57-33-11-34-58-77)78-59-35-12-36-60-78/h67-78H,1-66H2. The lowest BCUT2D eigenvalue weighted by Gasteiger charge is -2.46. The Morgan fingerprint density at radius 1 is 0.172 bits per heavy atom. The highest BCUT2D eigenvalue weighted by atomic mass is 31.2. The van der Waals surface area contributed by atoms with Crippen LogP contribution in [0, 0.1) is 0 Å². The maximum atomic E-state index is 17.8. The van der Waals surface area contributed by atoms with Gasteiger partial charge in [0.15, 0.2) is 0 Å². The molecule has 0 unspecified atom stereocenters. The van der Waals surface area contributed by atoms with Crippen LogP contribution in [0.1, 0.15) is 385 Å². The Kier molecular flexibility index (Phi) is 28.2. The molecule has 99 heavy (non-hydrogen) atoms. The smallest absolute Gasteiger partial charge is 0.232 e. The van der Waals surface area contributed by atoms with Gasteiger partial charge in [0, 0.05) is 67.9 Å². The molecule has 1 heterocycles. The SMILES string of the molecule is O=P(CN(CP(=O)(C1CCCCC1)C1CCCCC1)c1nc(N(CP(=O)(C2CCCCC2)C2CCCCC2)CP(=O)(C2CCCCC2)C2CCCCC2)nc(N(CP(=O)(C2CCCCC2)C2CCCCC2)CP(=O)(C2CCCCC2)C2CCCCC2)n1)(C1CCCCC1)C1CCCCC1. The Hall–Kier alpha value is -0.210. The van der Waals surface area contributed by atoms with Crippen molar-refractivity contribution in [1.29, 1.82) is 0 Å². The molecule has 12 fully saturated rings. The van der Waals surface area contributed by atoms with Gasteiger partial charge < -0.3 is 42.1 Å². The maximum absolute atomic E-state index is 17.8. The molecule has 12 aliphatic rings. The molecule has 0 atom stereocenters. The van der Waals surface area contributed by atoms with Crippen molar-refractivity contribution in [3.05, 3.63) is 0 Å². The molecule has 0 spiro atoms. The summed E-state index contributed by atoms with van der Waals surface area (Å²) in [6, 6.07) is 0. The highest BCUT2D eigenvalue weighted by Gasteiger charge is 2.53. The van der Waals surface area contributed by atoms with Crippen LogP contribution in [0.4, 0.5) is 17.8 Å². The van der Waals surface area contributed by atoms with Gasteiger partial charge in [0.2, 0.25) is 17.8 Å². The monoisotopic (exact) mass is 1480 g/mol. The highest BCUT2D eigenvalue weighted by Crippen LogP contribution is 2.72. The Morgan fingerprint density at radius 2 is 0.263 bits per heavy atom. The second-order valence-electron chi connectivity index (χ2n) is 36.3. The van der Waals surface area contributed by atoms with Crippen LogP contribution in [0.15, 0.2) is 0 Å². The average Bonchev–Trinajstić information content (AvgIpc) is 0.759. The summed E-state index contributed by atoms with van der Waals surface area (Å²) in [7, 11) is -18.7. The summed E-state index contributed by atoms with van der Waals surface area (Å²) >= 11 is 0. The fraction of sp³-hybridized carbons (Fsp3) is 0.963. The second-order valence-corrected chi connectivity index (χ2v) is 57.0. The van der Waals surface area contributed by atoms with Gasteiger partial charge in [-0.2, -0.15) is 15.0 Å². The zero-order valence-electron chi connectivity index (χ0n) is 62.9. The number of anilines is 3. The molecular formula is C81H144N6O6P6. The van der Waals surface area contributed by atoms with Crippen molar-refractivity contribution in [1.82, 2.24) is 15.0 Å². The summed E-state index contributed by atoms with van der Waals surface area (Å²) in [5.74, 6) is 1.40. The zero-order valence-corrected chi connectivity index (χ0v) is 68.3. The minimum Gasteiger partial charge on any atom is -0.326 e. The first-order valence-corrected chi connectivity index (χ1v) is 56.0. The van der Waals surface area contributed by atoms with E-state index in [0.29, 0.717) is 55.6 Å². The first-order valence-electron chi connectivity index (χ1n) is 43.8. The molecule has 12 aliphatic carbocycles. The average molecular weight is 1480 g/mol. The molecule has 0 aromatic carbocycles. The van der Waals surface area contributed by atoms with Crippen molar-refractivity contribution >= 4 is 60.7 Å². The molecule has 1 aromatic heterocycles. The van der Waals surface area contributed by atoms with E-state index < -0.39 is 42.9 Å². The topological polar surface area (TPSA) is 151 Å². The Morgan fingerprint density at radius 3 is 0.354 bits per heavy atom. The predicted molar refractivity (Wildman–Crippen MR) is 425 cm³/mol. The molecule has 12 nitrogen and oxygen atoms in total. The normalized spacial score (nSPS) is 26.2. The number of rotatable bonds is 27. The number of aromatic nitrogens is 3. The van der Waals surface area contributed by atoms with Crippen LogP contribution in [-0.4, -0.2) is 121 Å². The van der Waals surface area contributed by atoms with Gasteiger partial charge in [0.25, 0.3) is 0 Å². The minimum atomic E-state index is -3.12. The first kappa shape index (κ1) is 77.0. The second kappa shape index (κ2) is 36.3. The van der Waals surface area contributed by atoms with E-state index in [1.807, 2.05) is 0 Å². The maximum Gasteiger partial charge on any atom is 0.232 e. The third kappa shape index (κ3) is 18.2. The van der Waals surface area contributed by atoms with Gasteiger partial charge in [-0.25, -0.2) is 0 Å². The molecule has 564 valence electrons. The summed E-state index contributed by atoms with van der Waals surface area (Å²) < 4.78 is 107. The van der Waals surface area contributed by atoms with Crippen LogP contribution in [0.2, 0.25) is 0 Å². The molecule has 0 amide bonds. The molecule has 0 saturated heterocycles. The zero-order chi connectivity index (χ0) is 68.2. The van der Waals surface area contributed by atoms with E-state index >= 15 is 27.4 Å². The van der Waals surface area contributed by atoms with Gasteiger partial charge >= 0.3 is 0 Å². The Balaban J connectivity index is 1.08. The van der Waals surface area contributed by atoms with E-state index in [-0.39, 0.29) is 67.9 Å². The third-order valence-corrected chi connectivity index (χ3v) is 55.8. The van der Waals surface area contributed by atoms with E-state index in [1.165, 1.54) is 77.0 Å². The molecule has 0 aliphatic heterocycles. The highest BCUT2D eigenvalue weighted by molar-refractivity contribution is 7.68. The van der Waals surface area contributed by atoms with Crippen molar-refractivity contribution in [3.63, 3.8) is 0 Å². The number of nitrogens with zero attached hydrogens (tertiary/aromatic N) is 6. The van der Waals surface area contributed by atoms with Crippen LogP contribution in [0.5, 0.6) is 0 Å². The summed E-state index contributed by atoms with van der Waals surface area (Å²) in [4.78, 5) is 25.5. The van der Waals surface area contributed by atoms with E-state index in [9.17, 15) is 0 Å². The number of hydrogen-bond donors (Lipinski definition) is 0. The van der Waals surface area contributed by atoms with Crippen LogP contribution in [0.25, 0.3) is 0 Å². The van der Waals surface area contributed by atoms with E-state index in [4.69, 9.17) is 15.0 Å². The molecular weight excluding hydrogens is 1340 g/mol. The Labute approximate surface area is 605 Å². The number of hydrogen-bond acceptors (Lipinski definition) is 12. The van der Waals surface area contributed by atoms with Crippen LogP contribution in [0.3, 0.4) is 0 Å². The van der Waals surface area contributed by atoms with E-state index in [1.54, 1.807) is 0 Å². The molecule has 0 radical (unpaired) electrons. The molecule has 12 saturated carbocycles. The first-order chi connectivity index (χ1) is 48.3. The fourth-order valence-corrected chi connectivity index (χ4v) is 50.5. The minimum absolute atomic E-state index is 0.0943. The van der Waals surface area contributed by atoms with Gasteiger partial charge in [0.1, 0.15) is 42.9 Å². The van der Waals surface area contributed by atoms with Gasteiger partial charge in [-0.05, 0) is 154 Å². The summed E-state index contributed by atoms with van der Waals surface area (Å²) in [5, 5.41) is 0. The largest absolute Gasteiger partial charge is 0.326 e. The van der Waals surface area contributed by atoms with Crippen LogP contribution in [-0.2, 0) is 27.4 Å². The van der Waals surface area contributed by atoms with Gasteiger partial charge in [0.05, 0.1) is 37.7 Å². The molecule has 1 aromatic rings. The van der Waals surface area contributed by atoms with Crippen molar-refractivity contribution in [2.45, 2.75) is 453 Å². The lowest BCUT2D eigenvalue weighted by molar-refractivity contribution is 0.442. The van der Waals surface area contributed by atoms with Crippen molar-refractivity contribution < 1.29 is 27.4 Å². The predicted octanol–water partition coefficient (Wildman–Crippen LogP) is 26.2. The van der Waals surface area contributed by atoms with Gasteiger partial charge in [-0.3, -0.25) is 0 Å². The van der Waals surface area contributed by atoms with Crippen LogP contribution < -0.4 is 14.7 Å². The molecule has 0 bridgehead atoms. The molecule has 18 heteroatoms. The summed E-state index contributed by atoms with van der Waals surface area (Å²) in [5.41, 5.74) is 1.13. The van der Waals surface area contributed by atoms with Crippen LogP contribution >= 0.6 is 42.9 Å². The third-order valence-electron chi connectivity index (χ3n) is 30.1. The lowest BCUT2D eigenvalue weighted by Crippen LogP contribution is -2.41. The quantitative estimate of drug-likeness (QED) is 0.0771. The summed E-state index contributed by atoms with van der Waals surface area (Å²) in [6.45, 7) is 0. The van der Waals surface area contributed by atoms with Crippen molar-refractivity contribution in [3.8, 4) is 0 Å². The Bertz CT molecular complexity index is 2330. The summed E-state index contributed by atoms with van der Waals surface area (Å²) in [6.07, 6.45) is 65.9. The molecule has 13 rings (SSSR count). The van der Waals surface area contributed by atoms with E-state index in [0.717, 1.165) is 308 Å². The lowest BCUT2D eigenvalue weighted by atomic mass is 9.99. The van der Waals surface area contributed by atoms with Crippen molar-refractivity contribution in [2.75, 3.05) is 52.4 Å². The van der Waals surface area contributed by atoms with Gasteiger partial charge in [-0.15, -0.1) is 0 Å². The fourth-order valence-electron chi connectivity index (χ4n) is 24.3. The van der Waals surface area contributed by atoms with E-state index in [2.05, 4.69) is 14.7 Å². The van der Waals surface area contributed by atoms with Crippen molar-refractivity contribution in [2.24, 2.45) is 0 Å².